The molecule has 0 N–H and O–H groups in total. The summed E-state index contributed by atoms with van der Waals surface area (Å²) < 4.78 is 26.3. The van der Waals surface area contributed by atoms with Gasteiger partial charge in [0.15, 0.2) is 5.03 Å². The van der Waals surface area contributed by atoms with Crippen LogP contribution in [0.25, 0.3) is 0 Å². The summed E-state index contributed by atoms with van der Waals surface area (Å²) in [6.07, 6.45) is 1.50. The van der Waals surface area contributed by atoms with E-state index in [0.29, 0.717) is 5.88 Å². The van der Waals surface area contributed by atoms with E-state index in [1.165, 1.54) is 16.6 Å². The number of halogens is 1. The first-order valence-electron chi connectivity index (χ1n) is 6.09. The van der Waals surface area contributed by atoms with Gasteiger partial charge in [0.05, 0.1) is 0 Å². The normalized spacial score (nSPS) is 14.7. The van der Waals surface area contributed by atoms with Crippen LogP contribution >= 0.6 is 11.6 Å². The number of sulfonamides is 1. The van der Waals surface area contributed by atoms with Crippen molar-refractivity contribution in [2.24, 2.45) is 5.41 Å². The van der Waals surface area contributed by atoms with Gasteiger partial charge < -0.3 is 0 Å². The summed E-state index contributed by atoms with van der Waals surface area (Å²) in [5.74, 6) is 0.321. The largest absolute Gasteiger partial charge is 0.260 e. The van der Waals surface area contributed by atoms with Crippen LogP contribution in [-0.4, -0.2) is 30.8 Å². The Bertz CT molecular complexity index is 521. The third kappa shape index (κ3) is 3.68. The molecule has 19 heavy (non-hydrogen) atoms. The predicted octanol–water partition coefficient (Wildman–Crippen LogP) is 2.88. The molecule has 0 amide bonds. The van der Waals surface area contributed by atoms with Gasteiger partial charge >= 0.3 is 0 Å². The highest BCUT2D eigenvalue weighted by molar-refractivity contribution is 7.89. The minimum absolute atomic E-state index is 0.0555. The van der Waals surface area contributed by atoms with E-state index in [1.54, 1.807) is 13.1 Å². The van der Waals surface area contributed by atoms with E-state index in [-0.39, 0.29) is 16.5 Å². The van der Waals surface area contributed by atoms with E-state index in [0.717, 1.165) is 5.56 Å². The first-order chi connectivity index (χ1) is 8.60. The van der Waals surface area contributed by atoms with Crippen molar-refractivity contribution in [3.05, 3.63) is 23.9 Å². The van der Waals surface area contributed by atoms with Crippen LogP contribution in [0.15, 0.2) is 23.4 Å². The molecule has 0 fully saturated rings. The van der Waals surface area contributed by atoms with Gasteiger partial charge in [0.1, 0.15) is 0 Å². The number of rotatable bonds is 4. The third-order valence-electron chi connectivity index (χ3n) is 3.39. The van der Waals surface area contributed by atoms with Crippen LogP contribution in [0.1, 0.15) is 33.3 Å². The van der Waals surface area contributed by atoms with Crippen molar-refractivity contribution in [1.82, 2.24) is 9.29 Å². The SMILES string of the molecule is CC(N(C)S(=O)(=O)c1ccc(CCl)cn1)C(C)(C)C. The number of alkyl halides is 1. The van der Waals surface area contributed by atoms with Gasteiger partial charge in [0.25, 0.3) is 10.0 Å². The molecular weight excluding hydrogens is 284 g/mol. The highest BCUT2D eigenvalue weighted by atomic mass is 35.5. The molecule has 1 aromatic rings. The summed E-state index contributed by atoms with van der Waals surface area (Å²) in [6, 6.07) is 3.05. The molecule has 4 nitrogen and oxygen atoms in total. The summed E-state index contributed by atoms with van der Waals surface area (Å²) in [4.78, 5) is 3.99. The number of nitrogens with zero attached hydrogens (tertiary/aromatic N) is 2. The minimum Gasteiger partial charge on any atom is -0.243 e. The zero-order valence-corrected chi connectivity index (χ0v) is 13.6. The Labute approximate surface area is 120 Å². The van der Waals surface area contributed by atoms with E-state index in [2.05, 4.69) is 4.98 Å². The van der Waals surface area contributed by atoms with Crippen molar-refractivity contribution in [3.63, 3.8) is 0 Å². The van der Waals surface area contributed by atoms with Crippen molar-refractivity contribution < 1.29 is 8.42 Å². The minimum atomic E-state index is -3.57. The Hall–Kier alpha value is -0.650. The van der Waals surface area contributed by atoms with Crippen LogP contribution in [0.5, 0.6) is 0 Å². The van der Waals surface area contributed by atoms with Gasteiger partial charge in [-0.3, -0.25) is 0 Å². The van der Waals surface area contributed by atoms with E-state index >= 15 is 0 Å². The molecule has 0 saturated heterocycles. The van der Waals surface area contributed by atoms with E-state index < -0.39 is 10.0 Å². The zero-order chi connectivity index (χ0) is 14.8. The van der Waals surface area contributed by atoms with Crippen molar-refractivity contribution in [1.29, 1.82) is 0 Å². The monoisotopic (exact) mass is 304 g/mol. The molecule has 0 aliphatic carbocycles. The van der Waals surface area contributed by atoms with Crippen LogP contribution in [0, 0.1) is 5.41 Å². The maximum atomic E-state index is 12.5. The second-order valence-corrected chi connectivity index (χ2v) is 7.91. The van der Waals surface area contributed by atoms with Gasteiger partial charge in [-0.15, -0.1) is 11.6 Å². The van der Waals surface area contributed by atoms with Crippen LogP contribution in [0.4, 0.5) is 0 Å². The first kappa shape index (κ1) is 16.4. The average Bonchev–Trinajstić information content (AvgIpc) is 2.35. The summed E-state index contributed by atoms with van der Waals surface area (Å²) >= 11 is 5.67. The fraction of sp³-hybridized carbons (Fsp3) is 0.615. The molecule has 0 aliphatic heterocycles. The smallest absolute Gasteiger partial charge is 0.243 e. The molecule has 1 aromatic heterocycles. The van der Waals surface area contributed by atoms with Crippen molar-refractivity contribution >= 4 is 21.6 Å². The van der Waals surface area contributed by atoms with Crippen molar-refractivity contribution in [2.75, 3.05) is 7.05 Å². The molecule has 6 heteroatoms. The van der Waals surface area contributed by atoms with Gasteiger partial charge in [0.2, 0.25) is 0 Å². The van der Waals surface area contributed by atoms with Gasteiger partial charge in [0, 0.05) is 25.2 Å². The average molecular weight is 305 g/mol. The van der Waals surface area contributed by atoms with Gasteiger partial charge in [-0.05, 0) is 24.0 Å². The van der Waals surface area contributed by atoms with Crippen LogP contribution in [0.3, 0.4) is 0 Å². The Balaban J connectivity index is 3.09. The third-order valence-corrected chi connectivity index (χ3v) is 5.55. The fourth-order valence-corrected chi connectivity index (χ4v) is 3.16. The number of hydrogen-bond donors (Lipinski definition) is 0. The number of pyridine rings is 1. The second-order valence-electron chi connectivity index (χ2n) is 5.70. The lowest BCUT2D eigenvalue weighted by molar-refractivity contribution is 0.216. The molecule has 1 unspecified atom stereocenters. The maximum Gasteiger partial charge on any atom is 0.260 e. The fourth-order valence-electron chi connectivity index (χ4n) is 1.54. The van der Waals surface area contributed by atoms with Crippen LogP contribution in [-0.2, 0) is 15.9 Å². The van der Waals surface area contributed by atoms with Crippen molar-refractivity contribution in [2.45, 2.75) is 44.6 Å². The molecule has 0 aromatic carbocycles. The standard InChI is InChI=1S/C13H21ClN2O2S/c1-10(13(2,3)4)16(5)19(17,18)12-7-6-11(8-14)9-15-12/h6-7,9-10H,8H2,1-5H3. The topological polar surface area (TPSA) is 50.3 Å². The highest BCUT2D eigenvalue weighted by Gasteiger charge is 2.33. The first-order valence-corrected chi connectivity index (χ1v) is 8.07. The zero-order valence-electron chi connectivity index (χ0n) is 12.0. The second kappa shape index (κ2) is 5.77. The maximum absolute atomic E-state index is 12.5. The molecule has 0 bridgehead atoms. The quantitative estimate of drug-likeness (QED) is 0.804. The number of hydrogen-bond acceptors (Lipinski definition) is 3. The molecule has 0 aliphatic rings. The molecular formula is C13H21ClN2O2S. The van der Waals surface area contributed by atoms with Gasteiger partial charge in [-0.1, -0.05) is 26.8 Å². The Morgan fingerprint density at radius 1 is 1.37 bits per heavy atom. The lowest BCUT2D eigenvalue weighted by Crippen LogP contribution is -2.43. The highest BCUT2D eigenvalue weighted by Crippen LogP contribution is 2.27. The van der Waals surface area contributed by atoms with Gasteiger partial charge in [-0.2, -0.15) is 4.31 Å². The predicted molar refractivity (Wildman–Crippen MR) is 77.7 cm³/mol. The molecule has 0 saturated carbocycles. The van der Waals surface area contributed by atoms with Crippen LogP contribution < -0.4 is 0 Å². The Kier molecular flexibility index (Phi) is 4.98. The Morgan fingerprint density at radius 3 is 2.32 bits per heavy atom. The Morgan fingerprint density at radius 2 is 1.95 bits per heavy atom. The molecule has 1 heterocycles. The summed E-state index contributed by atoms with van der Waals surface area (Å²) in [6.45, 7) is 7.92. The lowest BCUT2D eigenvalue weighted by atomic mass is 9.88. The summed E-state index contributed by atoms with van der Waals surface area (Å²) in [7, 11) is -1.98. The molecule has 108 valence electrons. The molecule has 0 spiro atoms. The van der Waals surface area contributed by atoms with E-state index in [9.17, 15) is 8.42 Å². The van der Waals surface area contributed by atoms with E-state index in [1.807, 2.05) is 27.7 Å². The van der Waals surface area contributed by atoms with Crippen LogP contribution in [0.2, 0.25) is 0 Å². The van der Waals surface area contributed by atoms with Gasteiger partial charge in [-0.25, -0.2) is 13.4 Å². The molecule has 0 radical (unpaired) electrons. The number of aromatic nitrogens is 1. The molecule has 1 rings (SSSR count). The lowest BCUT2D eigenvalue weighted by Gasteiger charge is -2.34. The summed E-state index contributed by atoms with van der Waals surface area (Å²) in [5.41, 5.74) is 0.657. The molecule has 1 atom stereocenters. The summed E-state index contributed by atoms with van der Waals surface area (Å²) in [5, 5.41) is 0.0555. The van der Waals surface area contributed by atoms with E-state index in [4.69, 9.17) is 11.6 Å². The van der Waals surface area contributed by atoms with Crippen molar-refractivity contribution in [3.8, 4) is 0 Å².